The summed E-state index contributed by atoms with van der Waals surface area (Å²) >= 11 is 5.70. The summed E-state index contributed by atoms with van der Waals surface area (Å²) in [6, 6.07) is 6.74. The molecule has 220 valence electrons. The van der Waals surface area contributed by atoms with E-state index in [0.29, 0.717) is 15.9 Å². The van der Waals surface area contributed by atoms with Crippen LogP contribution in [0.15, 0.2) is 42.5 Å². The van der Waals surface area contributed by atoms with Gasteiger partial charge in [0.25, 0.3) is 0 Å². The van der Waals surface area contributed by atoms with Gasteiger partial charge in [-0.05, 0) is 55.2 Å². The number of rotatable bonds is 10. The Hall–Kier alpha value is -2.86. The summed E-state index contributed by atoms with van der Waals surface area (Å²) < 4.78 is 79.9. The number of nitrogens with one attached hydrogen (secondary N) is 1. The van der Waals surface area contributed by atoms with Gasteiger partial charge in [0.15, 0.2) is 0 Å². The van der Waals surface area contributed by atoms with Crippen LogP contribution >= 0.6 is 11.6 Å². The highest BCUT2D eigenvalue weighted by Gasteiger charge is 2.36. The highest BCUT2D eigenvalue weighted by molar-refractivity contribution is 7.92. The van der Waals surface area contributed by atoms with Gasteiger partial charge in [0.2, 0.25) is 21.8 Å². The highest BCUT2D eigenvalue weighted by atomic mass is 35.5. The van der Waals surface area contributed by atoms with Crippen molar-refractivity contribution in [3.8, 4) is 0 Å². The minimum atomic E-state index is -4.86. The van der Waals surface area contributed by atoms with Crippen LogP contribution in [0.25, 0.3) is 0 Å². The van der Waals surface area contributed by atoms with Gasteiger partial charge < -0.3 is 10.2 Å². The molecule has 2 amide bonds. The van der Waals surface area contributed by atoms with Gasteiger partial charge in [-0.2, -0.15) is 13.2 Å². The molecule has 1 saturated carbocycles. The molecule has 1 atom stereocenters. The number of sulfonamides is 1. The molecule has 0 bridgehead atoms. The zero-order valence-electron chi connectivity index (χ0n) is 22.2. The minimum absolute atomic E-state index is 0.0551. The molecular formula is C27H32ClF4N3O4S. The number of hydrogen-bond acceptors (Lipinski definition) is 4. The van der Waals surface area contributed by atoms with Gasteiger partial charge in [-0.3, -0.25) is 13.9 Å². The summed E-state index contributed by atoms with van der Waals surface area (Å²) in [5, 5.41) is 2.36. The van der Waals surface area contributed by atoms with E-state index < -0.39 is 62.7 Å². The third-order valence-electron chi connectivity index (χ3n) is 6.83. The lowest BCUT2D eigenvalue weighted by Gasteiger charge is -2.34. The van der Waals surface area contributed by atoms with Crippen molar-refractivity contribution < 1.29 is 35.6 Å². The fourth-order valence-electron chi connectivity index (χ4n) is 4.75. The van der Waals surface area contributed by atoms with Crippen LogP contribution in [0.3, 0.4) is 0 Å². The first-order valence-corrected chi connectivity index (χ1v) is 15.1. The Morgan fingerprint density at radius 1 is 1.07 bits per heavy atom. The van der Waals surface area contributed by atoms with Crippen molar-refractivity contribution in [1.29, 1.82) is 0 Å². The first-order chi connectivity index (χ1) is 18.7. The van der Waals surface area contributed by atoms with E-state index in [2.05, 4.69) is 5.32 Å². The van der Waals surface area contributed by atoms with Crippen molar-refractivity contribution in [2.75, 3.05) is 17.1 Å². The van der Waals surface area contributed by atoms with Crippen molar-refractivity contribution in [3.05, 3.63) is 64.4 Å². The zero-order chi connectivity index (χ0) is 29.7. The van der Waals surface area contributed by atoms with Crippen molar-refractivity contribution in [2.45, 2.75) is 70.3 Å². The van der Waals surface area contributed by atoms with Gasteiger partial charge in [0, 0.05) is 12.6 Å². The molecule has 7 nitrogen and oxygen atoms in total. The molecule has 13 heteroatoms. The van der Waals surface area contributed by atoms with E-state index >= 15 is 0 Å². The quantitative estimate of drug-likeness (QED) is 0.361. The number of anilines is 1. The molecular weight excluding hydrogens is 574 g/mol. The lowest BCUT2D eigenvalue weighted by Crippen LogP contribution is -2.54. The summed E-state index contributed by atoms with van der Waals surface area (Å²) in [5.41, 5.74) is -1.18. The number of amides is 2. The zero-order valence-corrected chi connectivity index (χ0v) is 23.8. The number of alkyl halides is 3. The molecule has 0 radical (unpaired) electrons. The van der Waals surface area contributed by atoms with Gasteiger partial charge in [-0.25, -0.2) is 12.8 Å². The number of carbonyl (C=O) groups is 2. The summed E-state index contributed by atoms with van der Waals surface area (Å²) in [4.78, 5) is 28.2. The lowest BCUT2D eigenvalue weighted by atomic mass is 9.95. The summed E-state index contributed by atoms with van der Waals surface area (Å²) in [6.07, 6.45) is 0.681. The van der Waals surface area contributed by atoms with Crippen molar-refractivity contribution >= 4 is 39.1 Å². The molecule has 1 aliphatic carbocycles. The van der Waals surface area contributed by atoms with E-state index in [1.54, 1.807) is 6.92 Å². The van der Waals surface area contributed by atoms with E-state index in [0.717, 1.165) is 50.5 Å². The second-order valence-electron chi connectivity index (χ2n) is 9.85. The second-order valence-corrected chi connectivity index (χ2v) is 12.2. The molecule has 2 aromatic rings. The van der Waals surface area contributed by atoms with Crippen LogP contribution in [-0.2, 0) is 32.3 Å². The Morgan fingerprint density at radius 2 is 1.70 bits per heavy atom. The maximum Gasteiger partial charge on any atom is 0.417 e. The average molecular weight is 606 g/mol. The van der Waals surface area contributed by atoms with Crippen molar-refractivity contribution in [1.82, 2.24) is 10.2 Å². The second kappa shape index (κ2) is 13.2. The molecule has 1 aliphatic rings. The standard InChI is InChI=1S/C27H32ClF4N3O4S/c1-3-24(26(37)33-20-7-5-4-6-8-20)34(16-18-9-11-19(29)12-10-18)25(36)17-35(40(2,38)39)21-13-14-23(28)22(15-21)27(30,31)32/h9-15,20,24H,3-8,16-17H2,1-2H3,(H,33,37)/t24-/m0/s1. The Morgan fingerprint density at radius 3 is 2.25 bits per heavy atom. The summed E-state index contributed by atoms with van der Waals surface area (Å²) in [5.74, 6) is -1.74. The summed E-state index contributed by atoms with van der Waals surface area (Å²) in [7, 11) is -4.25. The number of carbonyl (C=O) groups excluding carboxylic acids is 2. The molecule has 0 saturated heterocycles. The van der Waals surface area contributed by atoms with Crippen LogP contribution in [0.4, 0.5) is 23.2 Å². The number of halogens is 5. The monoisotopic (exact) mass is 605 g/mol. The number of hydrogen-bond donors (Lipinski definition) is 1. The maximum atomic E-state index is 13.7. The molecule has 2 aromatic carbocycles. The predicted octanol–water partition coefficient (Wildman–Crippen LogP) is 5.52. The van der Waals surface area contributed by atoms with Crippen LogP contribution in [0.5, 0.6) is 0 Å². The Bertz CT molecular complexity index is 1300. The normalized spacial score (nSPS) is 15.4. The van der Waals surface area contributed by atoms with Gasteiger partial charge in [0.05, 0.1) is 22.5 Å². The van der Waals surface area contributed by atoms with E-state index in [1.807, 2.05) is 0 Å². The summed E-state index contributed by atoms with van der Waals surface area (Å²) in [6.45, 7) is 0.674. The van der Waals surface area contributed by atoms with E-state index in [-0.39, 0.29) is 19.0 Å². The third-order valence-corrected chi connectivity index (χ3v) is 8.30. The Labute approximate surface area is 236 Å². The first-order valence-electron chi connectivity index (χ1n) is 12.9. The van der Waals surface area contributed by atoms with Crippen LogP contribution in [0.2, 0.25) is 5.02 Å². The highest BCUT2D eigenvalue weighted by Crippen LogP contribution is 2.37. The van der Waals surface area contributed by atoms with E-state index in [9.17, 15) is 35.6 Å². The van der Waals surface area contributed by atoms with Crippen LogP contribution < -0.4 is 9.62 Å². The molecule has 0 spiro atoms. The van der Waals surface area contributed by atoms with Crippen LogP contribution in [0.1, 0.15) is 56.6 Å². The van der Waals surface area contributed by atoms with Gasteiger partial charge in [-0.15, -0.1) is 0 Å². The van der Waals surface area contributed by atoms with Crippen molar-refractivity contribution in [3.63, 3.8) is 0 Å². The SMILES string of the molecule is CC[C@@H](C(=O)NC1CCCCC1)N(Cc1ccc(F)cc1)C(=O)CN(c1ccc(Cl)c(C(F)(F)F)c1)S(C)(=O)=O. The van der Waals surface area contributed by atoms with Crippen molar-refractivity contribution in [2.24, 2.45) is 0 Å². The van der Waals surface area contributed by atoms with Gasteiger partial charge >= 0.3 is 6.18 Å². The Balaban J connectivity index is 1.96. The Kier molecular flexibility index (Phi) is 10.5. The topological polar surface area (TPSA) is 86.8 Å². The average Bonchev–Trinajstić information content (AvgIpc) is 2.88. The maximum absolute atomic E-state index is 13.7. The van der Waals surface area contributed by atoms with Crippen LogP contribution in [0, 0.1) is 5.82 Å². The largest absolute Gasteiger partial charge is 0.417 e. The van der Waals surface area contributed by atoms with Gasteiger partial charge in [0.1, 0.15) is 18.4 Å². The van der Waals surface area contributed by atoms with Crippen LogP contribution in [-0.4, -0.2) is 50.0 Å². The van der Waals surface area contributed by atoms with E-state index in [1.165, 1.54) is 29.2 Å². The molecule has 40 heavy (non-hydrogen) atoms. The first kappa shape index (κ1) is 31.7. The fourth-order valence-corrected chi connectivity index (χ4v) is 5.82. The smallest absolute Gasteiger partial charge is 0.352 e. The predicted molar refractivity (Wildman–Crippen MR) is 145 cm³/mol. The minimum Gasteiger partial charge on any atom is -0.352 e. The van der Waals surface area contributed by atoms with E-state index in [4.69, 9.17) is 11.6 Å². The number of nitrogens with zero attached hydrogens (tertiary/aromatic N) is 2. The third kappa shape index (κ3) is 8.33. The molecule has 1 N–H and O–H groups in total. The molecule has 3 rings (SSSR count). The molecule has 0 unspecified atom stereocenters. The van der Waals surface area contributed by atoms with Gasteiger partial charge in [-0.1, -0.05) is 49.9 Å². The lowest BCUT2D eigenvalue weighted by molar-refractivity contribution is -0.140. The molecule has 0 aliphatic heterocycles. The fraction of sp³-hybridized carbons (Fsp3) is 0.481. The molecule has 1 fully saturated rings. The molecule has 0 heterocycles. The number of benzene rings is 2. The molecule has 0 aromatic heterocycles.